The van der Waals surface area contributed by atoms with E-state index in [2.05, 4.69) is 41.5 Å². The zero-order valence-electron chi connectivity index (χ0n) is 10.1. The van der Waals surface area contributed by atoms with E-state index in [1.807, 2.05) is 0 Å². The lowest BCUT2D eigenvalue weighted by Crippen LogP contribution is -2.14. The summed E-state index contributed by atoms with van der Waals surface area (Å²) in [4.78, 5) is 11.7. The molecule has 2 rings (SSSR count). The fraction of sp³-hybridized carbons (Fsp3) is 0.583. The van der Waals surface area contributed by atoms with Gasteiger partial charge in [0, 0.05) is 12.3 Å². The van der Waals surface area contributed by atoms with Crippen LogP contribution in [0.1, 0.15) is 44.0 Å². The molecule has 1 heterocycles. The fourth-order valence-electron chi connectivity index (χ4n) is 1.79. The third kappa shape index (κ3) is 3.36. The van der Waals surface area contributed by atoms with Crippen molar-refractivity contribution in [3.63, 3.8) is 0 Å². The molecule has 0 bridgehead atoms. The molecule has 0 spiro atoms. The van der Waals surface area contributed by atoms with Crippen LogP contribution in [0.5, 0.6) is 0 Å². The molecule has 0 aromatic carbocycles. The van der Waals surface area contributed by atoms with Gasteiger partial charge in [0.15, 0.2) is 0 Å². The molecule has 0 saturated carbocycles. The van der Waals surface area contributed by atoms with Crippen molar-refractivity contribution in [1.29, 1.82) is 0 Å². The second kappa shape index (κ2) is 5.40. The van der Waals surface area contributed by atoms with E-state index in [9.17, 15) is 4.79 Å². The van der Waals surface area contributed by atoms with Crippen molar-refractivity contribution in [3.05, 3.63) is 17.2 Å². The number of carbonyl (C=O) groups excluding carboxylic acids is 1. The van der Waals surface area contributed by atoms with E-state index < -0.39 is 0 Å². The van der Waals surface area contributed by atoms with Gasteiger partial charge in [0.1, 0.15) is 5.01 Å². The van der Waals surface area contributed by atoms with Gasteiger partial charge in [-0.3, -0.25) is 4.79 Å². The predicted molar refractivity (Wildman–Crippen MR) is 69.1 cm³/mol. The maximum absolute atomic E-state index is 11.7. The summed E-state index contributed by atoms with van der Waals surface area (Å²) in [5.41, 5.74) is 0. The van der Waals surface area contributed by atoms with Crippen LogP contribution in [0.15, 0.2) is 12.2 Å². The van der Waals surface area contributed by atoms with Crippen LogP contribution in [0.4, 0.5) is 5.13 Å². The Bertz CT molecular complexity index is 425. The lowest BCUT2D eigenvalue weighted by Gasteiger charge is -2.05. The number of allylic oxidation sites excluding steroid dienone is 2. The number of amides is 1. The number of rotatable bonds is 4. The van der Waals surface area contributed by atoms with Gasteiger partial charge in [-0.15, -0.1) is 10.2 Å². The first-order valence-electron chi connectivity index (χ1n) is 5.95. The summed E-state index contributed by atoms with van der Waals surface area (Å²) in [6, 6.07) is 0. The standard InChI is InChI=1S/C12H17N3OS/c1-8(2)11-14-15-12(17-11)13-10(16)7-9-5-3-4-6-9/h3,5,8-9H,4,6-7H2,1-2H3,(H,13,15,16)/t9-/m0/s1. The number of aromatic nitrogens is 2. The van der Waals surface area contributed by atoms with Crippen LogP contribution in [0.25, 0.3) is 0 Å². The highest BCUT2D eigenvalue weighted by Crippen LogP contribution is 2.24. The molecule has 1 aromatic rings. The van der Waals surface area contributed by atoms with Gasteiger partial charge in [-0.2, -0.15) is 0 Å². The Balaban J connectivity index is 1.86. The molecule has 1 aromatic heterocycles. The molecule has 17 heavy (non-hydrogen) atoms. The molecule has 4 nitrogen and oxygen atoms in total. The van der Waals surface area contributed by atoms with Crippen LogP contribution in [0, 0.1) is 5.92 Å². The Morgan fingerprint density at radius 1 is 1.59 bits per heavy atom. The Labute approximate surface area is 105 Å². The Morgan fingerprint density at radius 3 is 3.00 bits per heavy atom. The van der Waals surface area contributed by atoms with Crippen molar-refractivity contribution in [2.75, 3.05) is 5.32 Å². The van der Waals surface area contributed by atoms with Crippen LogP contribution in [0.3, 0.4) is 0 Å². The number of hydrogen-bond acceptors (Lipinski definition) is 4. The van der Waals surface area contributed by atoms with Crippen molar-refractivity contribution in [1.82, 2.24) is 10.2 Å². The minimum absolute atomic E-state index is 0.0352. The zero-order chi connectivity index (χ0) is 12.3. The lowest BCUT2D eigenvalue weighted by atomic mass is 10.1. The van der Waals surface area contributed by atoms with Gasteiger partial charge < -0.3 is 5.32 Å². The van der Waals surface area contributed by atoms with Crippen molar-refractivity contribution in [2.24, 2.45) is 5.92 Å². The molecule has 1 aliphatic rings. The molecule has 1 N–H and O–H groups in total. The van der Waals surface area contributed by atoms with Crippen LogP contribution in [-0.2, 0) is 4.79 Å². The molecule has 0 saturated heterocycles. The summed E-state index contributed by atoms with van der Waals surface area (Å²) < 4.78 is 0. The number of nitrogens with one attached hydrogen (secondary N) is 1. The molecule has 0 radical (unpaired) electrons. The quantitative estimate of drug-likeness (QED) is 0.837. The highest BCUT2D eigenvalue weighted by atomic mass is 32.1. The minimum atomic E-state index is 0.0352. The lowest BCUT2D eigenvalue weighted by molar-refractivity contribution is -0.116. The normalized spacial score (nSPS) is 18.9. The monoisotopic (exact) mass is 251 g/mol. The van der Waals surface area contributed by atoms with E-state index in [4.69, 9.17) is 0 Å². The van der Waals surface area contributed by atoms with Crippen molar-refractivity contribution >= 4 is 22.4 Å². The second-order valence-electron chi connectivity index (χ2n) is 4.62. The predicted octanol–water partition coefficient (Wildman–Crippen LogP) is 2.96. The third-order valence-electron chi connectivity index (χ3n) is 2.74. The number of anilines is 1. The summed E-state index contributed by atoms with van der Waals surface area (Å²) in [7, 11) is 0. The van der Waals surface area contributed by atoms with Crippen molar-refractivity contribution < 1.29 is 4.79 Å². The average Bonchev–Trinajstić information content (AvgIpc) is 2.88. The molecule has 92 valence electrons. The Hall–Kier alpha value is -1.23. The minimum Gasteiger partial charge on any atom is -0.301 e. The van der Waals surface area contributed by atoms with Crippen LogP contribution in [0.2, 0.25) is 0 Å². The Morgan fingerprint density at radius 2 is 2.41 bits per heavy atom. The first-order chi connectivity index (χ1) is 8.15. The SMILES string of the molecule is CC(C)c1nnc(NC(=O)C[C@H]2C=CCC2)s1. The zero-order valence-corrected chi connectivity index (χ0v) is 11.0. The third-order valence-corrected chi connectivity index (χ3v) is 3.88. The van der Waals surface area contributed by atoms with E-state index in [0.717, 1.165) is 17.8 Å². The summed E-state index contributed by atoms with van der Waals surface area (Å²) in [6.07, 6.45) is 6.99. The molecular weight excluding hydrogens is 234 g/mol. The van der Waals surface area contributed by atoms with E-state index >= 15 is 0 Å². The van der Waals surface area contributed by atoms with Gasteiger partial charge in [0.05, 0.1) is 0 Å². The average molecular weight is 251 g/mol. The molecule has 5 heteroatoms. The summed E-state index contributed by atoms with van der Waals surface area (Å²) in [6.45, 7) is 4.13. The Kier molecular flexibility index (Phi) is 3.89. The molecular formula is C12H17N3OS. The molecule has 1 aliphatic carbocycles. The largest absolute Gasteiger partial charge is 0.301 e. The van der Waals surface area contributed by atoms with Crippen LogP contribution in [-0.4, -0.2) is 16.1 Å². The van der Waals surface area contributed by atoms with Crippen molar-refractivity contribution in [2.45, 2.75) is 39.0 Å². The van der Waals surface area contributed by atoms with E-state index in [1.54, 1.807) is 0 Å². The summed E-state index contributed by atoms with van der Waals surface area (Å²) >= 11 is 1.46. The van der Waals surface area contributed by atoms with Gasteiger partial charge >= 0.3 is 0 Å². The highest BCUT2D eigenvalue weighted by molar-refractivity contribution is 7.15. The molecule has 1 amide bonds. The van der Waals surface area contributed by atoms with Crippen molar-refractivity contribution in [3.8, 4) is 0 Å². The number of carbonyl (C=O) groups is 1. The second-order valence-corrected chi connectivity index (χ2v) is 5.63. The fourth-order valence-corrected chi connectivity index (χ4v) is 2.55. The topological polar surface area (TPSA) is 54.9 Å². The molecule has 0 unspecified atom stereocenters. The van der Waals surface area contributed by atoms with Gasteiger partial charge in [-0.25, -0.2) is 0 Å². The smallest absolute Gasteiger partial charge is 0.226 e. The van der Waals surface area contributed by atoms with Gasteiger partial charge in [-0.1, -0.05) is 37.3 Å². The summed E-state index contributed by atoms with van der Waals surface area (Å²) in [5, 5.41) is 12.4. The number of nitrogens with zero attached hydrogens (tertiary/aromatic N) is 2. The maximum atomic E-state index is 11.7. The van der Waals surface area contributed by atoms with Crippen LogP contribution < -0.4 is 5.32 Å². The van der Waals surface area contributed by atoms with Crippen LogP contribution >= 0.6 is 11.3 Å². The highest BCUT2D eigenvalue weighted by Gasteiger charge is 2.15. The first-order valence-corrected chi connectivity index (χ1v) is 6.76. The first kappa shape index (κ1) is 12.2. The van der Waals surface area contributed by atoms with E-state index in [1.165, 1.54) is 11.3 Å². The molecule has 0 aliphatic heterocycles. The molecule has 0 fully saturated rings. The van der Waals surface area contributed by atoms with Gasteiger partial charge in [-0.05, 0) is 18.8 Å². The number of hydrogen-bond donors (Lipinski definition) is 1. The maximum Gasteiger partial charge on any atom is 0.226 e. The summed E-state index contributed by atoms with van der Waals surface area (Å²) in [5.74, 6) is 0.788. The van der Waals surface area contributed by atoms with Gasteiger partial charge in [0.2, 0.25) is 11.0 Å². The van der Waals surface area contributed by atoms with E-state index in [-0.39, 0.29) is 5.91 Å². The van der Waals surface area contributed by atoms with Gasteiger partial charge in [0.25, 0.3) is 0 Å². The molecule has 1 atom stereocenters. The van der Waals surface area contributed by atoms with E-state index in [0.29, 0.717) is 23.4 Å².